The number of aliphatic hydroxyl groups is 3. The van der Waals surface area contributed by atoms with E-state index in [4.69, 9.17) is 19.3 Å². The van der Waals surface area contributed by atoms with E-state index in [0.717, 1.165) is 16.7 Å². The second-order valence-corrected chi connectivity index (χ2v) is 7.14. The van der Waals surface area contributed by atoms with Crippen molar-refractivity contribution < 1.29 is 29.5 Å². The van der Waals surface area contributed by atoms with E-state index in [0.29, 0.717) is 31.8 Å². The standard InChI is InChI=1S/C25H32O6/c1-29-17-21(16-23(27)19-30-18-20-6-3-2-4-7-20)8-5-9-25(28)22-10-12-24(13-11-22)31-15-14-26/h2-7,10-13,23,25-28H,9,14-19H2,1H3/t8?,23-,25-/m0/s1. The van der Waals surface area contributed by atoms with Crippen LogP contribution in [0.4, 0.5) is 0 Å². The lowest BCUT2D eigenvalue weighted by atomic mass is 10.1. The molecule has 0 aromatic heterocycles. The van der Waals surface area contributed by atoms with Crippen molar-refractivity contribution in [1.29, 1.82) is 0 Å². The number of hydrogen-bond acceptors (Lipinski definition) is 6. The van der Waals surface area contributed by atoms with Crippen molar-refractivity contribution in [3.8, 4) is 5.75 Å². The molecule has 0 bridgehead atoms. The first-order valence-electron chi connectivity index (χ1n) is 10.4. The summed E-state index contributed by atoms with van der Waals surface area (Å²) in [6.07, 6.45) is 1.18. The fourth-order valence-electron chi connectivity index (χ4n) is 2.96. The van der Waals surface area contributed by atoms with Gasteiger partial charge in [-0.3, -0.25) is 0 Å². The van der Waals surface area contributed by atoms with Crippen LogP contribution in [0.3, 0.4) is 0 Å². The van der Waals surface area contributed by atoms with E-state index in [1.54, 1.807) is 37.5 Å². The van der Waals surface area contributed by atoms with Crippen molar-refractivity contribution in [2.24, 2.45) is 0 Å². The summed E-state index contributed by atoms with van der Waals surface area (Å²) in [5.41, 5.74) is 5.76. The SMILES string of the molecule is COCC(=C=CC[C@H](O)c1ccc(OCCO)cc1)C[C@H](O)COCc1ccccc1. The molecular formula is C25H32O6. The second-order valence-electron chi connectivity index (χ2n) is 7.14. The summed E-state index contributed by atoms with van der Waals surface area (Å²) in [5, 5.41) is 29.4. The van der Waals surface area contributed by atoms with Gasteiger partial charge in [-0.15, -0.1) is 5.73 Å². The average Bonchev–Trinajstić information content (AvgIpc) is 2.78. The van der Waals surface area contributed by atoms with Crippen LogP contribution in [0.5, 0.6) is 5.75 Å². The summed E-state index contributed by atoms with van der Waals surface area (Å²) in [7, 11) is 1.59. The van der Waals surface area contributed by atoms with Crippen LogP contribution >= 0.6 is 0 Å². The molecule has 3 N–H and O–H groups in total. The Labute approximate surface area is 184 Å². The molecule has 2 rings (SSSR count). The first kappa shape index (κ1) is 24.8. The quantitative estimate of drug-likeness (QED) is 0.401. The second kappa shape index (κ2) is 14.5. The third-order valence-electron chi connectivity index (χ3n) is 4.49. The maximum atomic E-state index is 10.4. The number of methoxy groups -OCH3 is 1. The lowest BCUT2D eigenvalue weighted by molar-refractivity contribution is 0.0273. The number of aliphatic hydroxyl groups excluding tert-OH is 3. The maximum Gasteiger partial charge on any atom is 0.119 e. The zero-order chi connectivity index (χ0) is 22.3. The zero-order valence-corrected chi connectivity index (χ0v) is 17.9. The number of hydrogen-bond donors (Lipinski definition) is 3. The van der Waals surface area contributed by atoms with Crippen molar-refractivity contribution in [3.63, 3.8) is 0 Å². The van der Waals surface area contributed by atoms with E-state index in [-0.39, 0.29) is 19.8 Å². The summed E-state index contributed by atoms with van der Waals surface area (Å²) in [6.45, 7) is 1.21. The van der Waals surface area contributed by atoms with Gasteiger partial charge in [0, 0.05) is 20.0 Å². The van der Waals surface area contributed by atoms with Crippen molar-refractivity contribution in [1.82, 2.24) is 0 Å². The molecule has 2 aromatic rings. The van der Waals surface area contributed by atoms with Gasteiger partial charge in [0.25, 0.3) is 0 Å². The zero-order valence-electron chi connectivity index (χ0n) is 17.9. The molecule has 0 aliphatic rings. The maximum absolute atomic E-state index is 10.4. The van der Waals surface area contributed by atoms with Gasteiger partial charge in [0.1, 0.15) is 12.4 Å². The van der Waals surface area contributed by atoms with Gasteiger partial charge < -0.3 is 29.5 Å². The van der Waals surface area contributed by atoms with Crippen molar-refractivity contribution in [2.75, 3.05) is 33.5 Å². The molecule has 6 heteroatoms. The van der Waals surface area contributed by atoms with E-state index in [1.807, 2.05) is 30.3 Å². The predicted molar refractivity (Wildman–Crippen MR) is 119 cm³/mol. The lowest BCUT2D eigenvalue weighted by Gasteiger charge is -2.13. The van der Waals surface area contributed by atoms with Gasteiger partial charge in [-0.1, -0.05) is 42.5 Å². The van der Waals surface area contributed by atoms with Crippen molar-refractivity contribution in [2.45, 2.75) is 31.7 Å². The van der Waals surface area contributed by atoms with Gasteiger partial charge in [-0.2, -0.15) is 0 Å². The minimum absolute atomic E-state index is 0.0425. The van der Waals surface area contributed by atoms with Crippen LogP contribution in [0, 0.1) is 0 Å². The molecule has 0 aliphatic heterocycles. The Morgan fingerprint density at radius 3 is 2.48 bits per heavy atom. The summed E-state index contributed by atoms with van der Waals surface area (Å²) in [4.78, 5) is 0. The van der Waals surface area contributed by atoms with E-state index >= 15 is 0 Å². The fourth-order valence-corrected chi connectivity index (χ4v) is 2.96. The van der Waals surface area contributed by atoms with Crippen LogP contribution in [0.15, 0.2) is 72.0 Å². The molecule has 0 saturated heterocycles. The Bertz CT molecular complexity index is 797. The highest BCUT2D eigenvalue weighted by molar-refractivity contribution is 5.28. The topological polar surface area (TPSA) is 88.4 Å². The third-order valence-corrected chi connectivity index (χ3v) is 4.49. The van der Waals surface area contributed by atoms with Crippen LogP contribution in [-0.2, 0) is 16.1 Å². The van der Waals surface area contributed by atoms with E-state index in [2.05, 4.69) is 5.73 Å². The molecule has 2 aromatic carbocycles. The van der Waals surface area contributed by atoms with Gasteiger partial charge >= 0.3 is 0 Å². The molecule has 31 heavy (non-hydrogen) atoms. The van der Waals surface area contributed by atoms with Gasteiger partial charge in [0.05, 0.1) is 38.6 Å². The number of benzene rings is 2. The average molecular weight is 429 g/mol. The molecule has 0 aliphatic carbocycles. The van der Waals surface area contributed by atoms with Gasteiger partial charge in [-0.05, 0) is 34.9 Å². The molecule has 0 fully saturated rings. The van der Waals surface area contributed by atoms with Gasteiger partial charge in [0.15, 0.2) is 0 Å². The fraction of sp³-hybridized carbons (Fsp3) is 0.400. The highest BCUT2D eigenvalue weighted by atomic mass is 16.5. The van der Waals surface area contributed by atoms with Crippen LogP contribution < -0.4 is 4.74 Å². The Morgan fingerprint density at radius 2 is 1.81 bits per heavy atom. The summed E-state index contributed by atoms with van der Waals surface area (Å²) in [5.74, 6) is 0.645. The van der Waals surface area contributed by atoms with Crippen molar-refractivity contribution in [3.05, 3.63) is 83.1 Å². The molecule has 0 unspecified atom stereocenters. The summed E-state index contributed by atoms with van der Waals surface area (Å²) in [6, 6.07) is 16.9. The van der Waals surface area contributed by atoms with Crippen LogP contribution in [0.2, 0.25) is 0 Å². The van der Waals surface area contributed by atoms with Crippen LogP contribution in [-0.4, -0.2) is 55.0 Å². The van der Waals surface area contributed by atoms with Crippen LogP contribution in [0.25, 0.3) is 0 Å². The van der Waals surface area contributed by atoms with E-state index in [1.165, 1.54) is 0 Å². The molecule has 6 nitrogen and oxygen atoms in total. The normalized spacial score (nSPS) is 12.6. The summed E-state index contributed by atoms with van der Waals surface area (Å²) >= 11 is 0. The Kier molecular flexibility index (Phi) is 11.6. The third kappa shape index (κ3) is 9.94. The highest BCUT2D eigenvalue weighted by Crippen LogP contribution is 2.20. The monoisotopic (exact) mass is 428 g/mol. The van der Waals surface area contributed by atoms with E-state index in [9.17, 15) is 10.2 Å². The highest BCUT2D eigenvalue weighted by Gasteiger charge is 2.09. The molecule has 0 amide bonds. The Hall–Kier alpha value is -2.44. The largest absolute Gasteiger partial charge is 0.491 e. The summed E-state index contributed by atoms with van der Waals surface area (Å²) < 4.78 is 16.1. The molecule has 0 radical (unpaired) electrons. The molecule has 0 saturated carbocycles. The minimum Gasteiger partial charge on any atom is -0.491 e. The molecule has 168 valence electrons. The van der Waals surface area contributed by atoms with Crippen LogP contribution in [0.1, 0.15) is 30.1 Å². The Balaban J connectivity index is 1.83. The van der Waals surface area contributed by atoms with E-state index < -0.39 is 12.2 Å². The minimum atomic E-state index is -0.678. The molecular weight excluding hydrogens is 396 g/mol. The first-order chi connectivity index (χ1) is 15.1. The lowest BCUT2D eigenvalue weighted by Crippen LogP contribution is -2.17. The Morgan fingerprint density at radius 1 is 1.06 bits per heavy atom. The molecule has 2 atom stereocenters. The smallest absolute Gasteiger partial charge is 0.119 e. The van der Waals surface area contributed by atoms with Crippen molar-refractivity contribution >= 4 is 0 Å². The molecule has 0 spiro atoms. The molecule has 0 heterocycles. The number of ether oxygens (including phenoxy) is 3. The van der Waals surface area contributed by atoms with Gasteiger partial charge in [0.2, 0.25) is 0 Å². The predicted octanol–water partition coefficient (Wildman–Crippen LogP) is 3.18. The number of rotatable bonds is 14. The van der Waals surface area contributed by atoms with Gasteiger partial charge in [-0.25, -0.2) is 0 Å². The first-order valence-corrected chi connectivity index (χ1v) is 10.4.